The summed E-state index contributed by atoms with van der Waals surface area (Å²) in [6, 6.07) is 8.45. The van der Waals surface area contributed by atoms with Crippen LogP contribution < -0.4 is 10.2 Å². The first-order chi connectivity index (χ1) is 12.9. The molecular formula is C19H15F2N3O2S. The largest absolute Gasteiger partial charge is 0.326 e. The Morgan fingerprint density at radius 2 is 2.07 bits per heavy atom. The summed E-state index contributed by atoms with van der Waals surface area (Å²) in [7, 11) is 0. The van der Waals surface area contributed by atoms with E-state index in [4.69, 9.17) is 0 Å². The number of nitrogens with one attached hydrogen (secondary N) is 1. The van der Waals surface area contributed by atoms with E-state index >= 15 is 0 Å². The van der Waals surface area contributed by atoms with Crippen LogP contribution in [0.3, 0.4) is 0 Å². The fourth-order valence-electron chi connectivity index (χ4n) is 3.18. The van der Waals surface area contributed by atoms with Gasteiger partial charge in [-0.1, -0.05) is 0 Å². The van der Waals surface area contributed by atoms with E-state index in [2.05, 4.69) is 10.3 Å². The van der Waals surface area contributed by atoms with Crippen molar-refractivity contribution in [3.05, 3.63) is 53.0 Å². The van der Waals surface area contributed by atoms with Gasteiger partial charge in [-0.25, -0.2) is 13.8 Å². The van der Waals surface area contributed by atoms with Crippen molar-refractivity contribution in [2.45, 2.75) is 13.3 Å². The van der Waals surface area contributed by atoms with Crippen molar-refractivity contribution in [1.29, 1.82) is 0 Å². The maximum atomic E-state index is 14.0. The van der Waals surface area contributed by atoms with Gasteiger partial charge in [0.1, 0.15) is 11.6 Å². The van der Waals surface area contributed by atoms with Gasteiger partial charge >= 0.3 is 0 Å². The van der Waals surface area contributed by atoms with Crippen molar-refractivity contribution >= 4 is 44.7 Å². The second-order valence-corrected chi connectivity index (χ2v) is 7.64. The average Bonchev–Trinajstić information content (AvgIpc) is 3.16. The monoisotopic (exact) mass is 387 g/mol. The summed E-state index contributed by atoms with van der Waals surface area (Å²) >= 11 is 1.53. The van der Waals surface area contributed by atoms with E-state index in [-0.39, 0.29) is 30.5 Å². The molecule has 0 radical (unpaired) electrons. The molecule has 138 valence electrons. The van der Waals surface area contributed by atoms with Gasteiger partial charge in [0.05, 0.1) is 26.8 Å². The molecule has 2 amide bonds. The topological polar surface area (TPSA) is 62.3 Å². The SMILES string of the molecule is Cc1nc2ccc(NC(=O)C3CC(=O)N(c4ccc(F)cc4F)C3)cc2s1. The van der Waals surface area contributed by atoms with Crippen LogP contribution in [0.2, 0.25) is 0 Å². The van der Waals surface area contributed by atoms with E-state index in [0.717, 1.165) is 27.4 Å². The molecule has 8 heteroatoms. The molecule has 1 fully saturated rings. The number of nitrogens with zero attached hydrogens (tertiary/aromatic N) is 2. The number of aromatic nitrogens is 1. The predicted octanol–water partition coefficient (Wildman–Crippen LogP) is 3.87. The molecule has 1 unspecified atom stereocenters. The molecule has 0 saturated carbocycles. The Morgan fingerprint density at radius 1 is 1.26 bits per heavy atom. The van der Waals surface area contributed by atoms with E-state index in [1.807, 2.05) is 19.1 Å². The lowest BCUT2D eigenvalue weighted by atomic mass is 10.1. The van der Waals surface area contributed by atoms with Crippen LogP contribution in [0.4, 0.5) is 20.2 Å². The molecule has 1 saturated heterocycles. The van der Waals surface area contributed by atoms with Crippen LogP contribution in [-0.4, -0.2) is 23.3 Å². The number of halogens is 2. The van der Waals surface area contributed by atoms with E-state index in [9.17, 15) is 18.4 Å². The summed E-state index contributed by atoms with van der Waals surface area (Å²) in [5.41, 5.74) is 1.47. The smallest absolute Gasteiger partial charge is 0.229 e. The molecule has 0 aliphatic carbocycles. The summed E-state index contributed by atoms with van der Waals surface area (Å²) < 4.78 is 28.0. The Hall–Kier alpha value is -2.87. The number of benzene rings is 2. The number of aryl methyl sites for hydroxylation is 1. The van der Waals surface area contributed by atoms with Crippen LogP contribution in [0, 0.1) is 24.5 Å². The Morgan fingerprint density at radius 3 is 2.85 bits per heavy atom. The van der Waals surface area contributed by atoms with Crippen molar-refractivity contribution in [3.8, 4) is 0 Å². The highest BCUT2D eigenvalue weighted by atomic mass is 32.1. The third-order valence-corrected chi connectivity index (χ3v) is 5.39. The highest BCUT2D eigenvalue weighted by Gasteiger charge is 2.36. The highest BCUT2D eigenvalue weighted by molar-refractivity contribution is 7.18. The molecule has 3 aromatic rings. The first-order valence-electron chi connectivity index (χ1n) is 8.34. The summed E-state index contributed by atoms with van der Waals surface area (Å²) in [6.45, 7) is 1.96. The van der Waals surface area contributed by atoms with Gasteiger partial charge in [0.2, 0.25) is 11.8 Å². The van der Waals surface area contributed by atoms with E-state index in [0.29, 0.717) is 5.69 Å². The maximum absolute atomic E-state index is 14.0. The Kier molecular flexibility index (Phi) is 4.35. The van der Waals surface area contributed by atoms with Crippen LogP contribution in [-0.2, 0) is 9.59 Å². The number of amides is 2. The normalized spacial score (nSPS) is 16.9. The molecule has 5 nitrogen and oxygen atoms in total. The third kappa shape index (κ3) is 3.40. The Balaban J connectivity index is 1.49. The molecule has 1 atom stereocenters. The number of carbonyl (C=O) groups excluding carboxylic acids is 2. The van der Waals surface area contributed by atoms with E-state index in [1.165, 1.54) is 22.3 Å². The van der Waals surface area contributed by atoms with E-state index < -0.39 is 17.6 Å². The molecule has 1 aliphatic heterocycles. The molecule has 1 aromatic heterocycles. The van der Waals surface area contributed by atoms with Gasteiger partial charge in [-0.05, 0) is 37.3 Å². The quantitative estimate of drug-likeness (QED) is 0.742. The molecule has 0 spiro atoms. The lowest BCUT2D eigenvalue weighted by Gasteiger charge is -2.17. The summed E-state index contributed by atoms with van der Waals surface area (Å²) in [5.74, 6) is -2.83. The van der Waals surface area contributed by atoms with Crippen molar-refractivity contribution in [2.24, 2.45) is 5.92 Å². The second kappa shape index (κ2) is 6.70. The highest BCUT2D eigenvalue weighted by Crippen LogP contribution is 2.29. The zero-order valence-electron chi connectivity index (χ0n) is 14.3. The lowest BCUT2D eigenvalue weighted by molar-refractivity contribution is -0.122. The number of hydrogen-bond acceptors (Lipinski definition) is 4. The summed E-state index contributed by atoms with van der Waals surface area (Å²) in [5, 5.41) is 3.75. The van der Waals surface area contributed by atoms with Gasteiger partial charge in [-0.15, -0.1) is 11.3 Å². The summed E-state index contributed by atoms with van der Waals surface area (Å²) in [6.07, 6.45) is -0.0233. The predicted molar refractivity (Wildman–Crippen MR) is 99.8 cm³/mol. The van der Waals surface area contributed by atoms with Gasteiger partial charge in [0.25, 0.3) is 0 Å². The van der Waals surface area contributed by atoms with Crippen molar-refractivity contribution in [2.75, 3.05) is 16.8 Å². The number of anilines is 2. The first kappa shape index (κ1) is 17.5. The minimum absolute atomic E-state index is 0.0155. The van der Waals surface area contributed by atoms with Gasteiger partial charge in [0.15, 0.2) is 0 Å². The van der Waals surface area contributed by atoms with Gasteiger partial charge in [0, 0.05) is 24.7 Å². The minimum atomic E-state index is -0.824. The lowest BCUT2D eigenvalue weighted by Crippen LogP contribution is -2.28. The maximum Gasteiger partial charge on any atom is 0.229 e. The second-order valence-electron chi connectivity index (χ2n) is 6.41. The molecule has 1 N–H and O–H groups in total. The summed E-state index contributed by atoms with van der Waals surface area (Å²) in [4.78, 5) is 30.4. The standard InChI is InChI=1S/C19H15F2N3O2S/c1-10-22-15-4-3-13(8-17(15)27-10)23-19(26)11-6-18(25)24(9-11)16-5-2-12(20)7-14(16)21/h2-5,7-8,11H,6,9H2,1H3,(H,23,26). The zero-order valence-corrected chi connectivity index (χ0v) is 15.1. The number of carbonyl (C=O) groups is 2. The fourth-order valence-corrected chi connectivity index (χ4v) is 4.04. The van der Waals surface area contributed by atoms with Crippen LogP contribution >= 0.6 is 11.3 Å². The number of rotatable bonds is 3. The number of thiazole rings is 1. The van der Waals surface area contributed by atoms with Gasteiger partial charge in [-0.2, -0.15) is 0 Å². The average molecular weight is 387 g/mol. The first-order valence-corrected chi connectivity index (χ1v) is 9.16. The third-order valence-electron chi connectivity index (χ3n) is 4.46. The van der Waals surface area contributed by atoms with Gasteiger partial charge < -0.3 is 10.2 Å². The number of hydrogen-bond donors (Lipinski definition) is 1. The Labute approximate surface area is 157 Å². The van der Waals surface area contributed by atoms with Crippen LogP contribution in [0.1, 0.15) is 11.4 Å². The van der Waals surface area contributed by atoms with Crippen LogP contribution in [0.15, 0.2) is 36.4 Å². The van der Waals surface area contributed by atoms with Crippen molar-refractivity contribution in [3.63, 3.8) is 0 Å². The molecular weight excluding hydrogens is 372 g/mol. The van der Waals surface area contributed by atoms with E-state index in [1.54, 1.807) is 6.07 Å². The van der Waals surface area contributed by atoms with Crippen LogP contribution in [0.5, 0.6) is 0 Å². The zero-order chi connectivity index (χ0) is 19.1. The molecule has 0 bridgehead atoms. The minimum Gasteiger partial charge on any atom is -0.326 e. The Bertz CT molecular complexity index is 1070. The molecule has 2 heterocycles. The van der Waals surface area contributed by atoms with Gasteiger partial charge in [-0.3, -0.25) is 9.59 Å². The number of fused-ring (bicyclic) bond motifs is 1. The van der Waals surface area contributed by atoms with Crippen LogP contribution in [0.25, 0.3) is 10.2 Å². The molecule has 1 aliphatic rings. The molecule has 27 heavy (non-hydrogen) atoms. The molecule has 2 aromatic carbocycles. The fraction of sp³-hybridized carbons (Fsp3) is 0.211. The van der Waals surface area contributed by atoms with Crippen molar-refractivity contribution in [1.82, 2.24) is 4.98 Å². The molecule has 4 rings (SSSR count). The van der Waals surface area contributed by atoms with Crippen molar-refractivity contribution < 1.29 is 18.4 Å².